The lowest BCUT2D eigenvalue weighted by molar-refractivity contribution is -0.134. The molecule has 0 saturated carbocycles. The smallest absolute Gasteiger partial charge is 0.410 e. The first-order chi connectivity index (χ1) is 17.0. The van der Waals surface area contributed by atoms with Crippen LogP contribution < -0.4 is 10.2 Å². The van der Waals surface area contributed by atoms with E-state index in [0.29, 0.717) is 12.8 Å². The molecular formula is C27H37N5O4. The monoisotopic (exact) mass is 495 g/mol. The van der Waals surface area contributed by atoms with E-state index in [-0.39, 0.29) is 23.3 Å². The van der Waals surface area contributed by atoms with Crippen LogP contribution in [0.2, 0.25) is 0 Å². The molecule has 194 valence electrons. The molecule has 2 atom stereocenters. The summed E-state index contributed by atoms with van der Waals surface area (Å²) in [7, 11) is 1.90. The topological polar surface area (TPSA) is 96.8 Å². The van der Waals surface area contributed by atoms with Crippen molar-refractivity contribution in [3.63, 3.8) is 0 Å². The number of anilines is 1. The number of carbonyl (C=O) groups is 3. The largest absolute Gasteiger partial charge is 0.444 e. The second-order valence-electron chi connectivity index (χ2n) is 11.7. The van der Waals surface area contributed by atoms with Crippen LogP contribution >= 0.6 is 0 Å². The molecule has 0 aliphatic carbocycles. The Morgan fingerprint density at radius 1 is 1.14 bits per heavy atom. The summed E-state index contributed by atoms with van der Waals surface area (Å²) in [6, 6.07) is 6.34. The molecule has 5 rings (SSSR count). The molecule has 3 amide bonds. The lowest BCUT2D eigenvalue weighted by Crippen LogP contribution is -2.54. The lowest BCUT2D eigenvalue weighted by Gasteiger charge is -2.49. The van der Waals surface area contributed by atoms with Crippen LogP contribution in [0.5, 0.6) is 0 Å². The van der Waals surface area contributed by atoms with Crippen molar-refractivity contribution in [1.29, 1.82) is 0 Å². The number of imide groups is 1. The number of fused-ring (bicyclic) bond motifs is 1. The number of hydrogen-bond acceptors (Lipinski definition) is 6. The number of amides is 3. The maximum absolute atomic E-state index is 12.8. The molecule has 2 aromatic rings. The Labute approximate surface area is 212 Å². The van der Waals surface area contributed by atoms with Crippen LogP contribution in [0.25, 0.3) is 10.9 Å². The standard InChI is InChI=1S/C27H37N5O4/c1-26(2,3)36-25(35)32-14-6-12-27(17-32)11-5-13-31(16-27)18-7-8-19-21(15-18)30(4)29-23(19)20-9-10-22(33)28-24(20)34/h7-8,15,20H,5-6,9-14,16-17H2,1-4H3,(H,28,33,34). The average Bonchev–Trinajstić information content (AvgIpc) is 3.13. The van der Waals surface area contributed by atoms with Gasteiger partial charge in [0.05, 0.1) is 17.1 Å². The second kappa shape index (κ2) is 9.09. The number of hydrogen-bond donors (Lipinski definition) is 1. The highest BCUT2D eigenvalue weighted by Gasteiger charge is 2.41. The van der Waals surface area contributed by atoms with Crippen LogP contribution in [0.15, 0.2) is 18.2 Å². The zero-order chi connectivity index (χ0) is 25.7. The van der Waals surface area contributed by atoms with Crippen LogP contribution in [0.1, 0.15) is 70.9 Å². The van der Waals surface area contributed by atoms with E-state index in [2.05, 4.69) is 33.5 Å². The quantitative estimate of drug-likeness (QED) is 0.638. The second-order valence-corrected chi connectivity index (χ2v) is 11.7. The highest BCUT2D eigenvalue weighted by Crippen LogP contribution is 2.41. The van der Waals surface area contributed by atoms with E-state index in [1.54, 1.807) is 0 Å². The minimum absolute atomic E-state index is 0.0622. The molecule has 4 heterocycles. The minimum Gasteiger partial charge on any atom is -0.444 e. The molecular weight excluding hydrogens is 458 g/mol. The number of benzene rings is 1. The van der Waals surface area contributed by atoms with Gasteiger partial charge in [-0.15, -0.1) is 0 Å². The number of rotatable bonds is 2. The van der Waals surface area contributed by atoms with E-state index < -0.39 is 11.5 Å². The molecule has 3 saturated heterocycles. The van der Waals surface area contributed by atoms with Gasteiger partial charge in [0.15, 0.2) is 0 Å². The van der Waals surface area contributed by atoms with Crippen molar-refractivity contribution < 1.29 is 19.1 Å². The van der Waals surface area contributed by atoms with Crippen molar-refractivity contribution in [2.45, 2.75) is 70.8 Å². The van der Waals surface area contributed by atoms with Gasteiger partial charge in [-0.3, -0.25) is 19.6 Å². The number of nitrogens with zero attached hydrogens (tertiary/aromatic N) is 4. The minimum atomic E-state index is -0.495. The predicted octanol–water partition coefficient (Wildman–Crippen LogP) is 3.71. The average molecular weight is 496 g/mol. The van der Waals surface area contributed by atoms with Crippen molar-refractivity contribution in [3.8, 4) is 0 Å². The van der Waals surface area contributed by atoms with Crippen LogP contribution in [-0.4, -0.2) is 64.4 Å². The van der Waals surface area contributed by atoms with Crippen molar-refractivity contribution in [2.24, 2.45) is 12.5 Å². The molecule has 2 unspecified atom stereocenters. The molecule has 36 heavy (non-hydrogen) atoms. The van der Waals surface area contributed by atoms with Gasteiger partial charge in [-0.2, -0.15) is 5.10 Å². The molecule has 9 heteroatoms. The van der Waals surface area contributed by atoms with Crippen molar-refractivity contribution in [3.05, 3.63) is 23.9 Å². The summed E-state index contributed by atoms with van der Waals surface area (Å²) in [6.45, 7) is 9.08. The molecule has 0 radical (unpaired) electrons. The van der Waals surface area contributed by atoms with E-state index in [9.17, 15) is 14.4 Å². The normalized spacial score (nSPS) is 25.4. The van der Waals surface area contributed by atoms with Crippen LogP contribution in [0.3, 0.4) is 0 Å². The Morgan fingerprint density at radius 2 is 1.89 bits per heavy atom. The number of ether oxygens (including phenoxy) is 1. The first-order valence-electron chi connectivity index (χ1n) is 13.1. The summed E-state index contributed by atoms with van der Waals surface area (Å²) in [5, 5.41) is 8.09. The summed E-state index contributed by atoms with van der Waals surface area (Å²) in [6.07, 6.45) is 4.89. The first kappa shape index (κ1) is 24.6. The van der Waals surface area contributed by atoms with Crippen LogP contribution in [0, 0.1) is 5.41 Å². The fraction of sp³-hybridized carbons (Fsp3) is 0.630. The van der Waals surface area contributed by atoms with Gasteiger partial charge in [0.1, 0.15) is 5.60 Å². The molecule has 9 nitrogen and oxygen atoms in total. The maximum Gasteiger partial charge on any atom is 0.410 e. The molecule has 3 aliphatic heterocycles. The molecule has 0 bridgehead atoms. The van der Waals surface area contributed by atoms with Gasteiger partial charge < -0.3 is 14.5 Å². The van der Waals surface area contributed by atoms with Gasteiger partial charge in [0, 0.05) is 56.1 Å². The Morgan fingerprint density at radius 3 is 2.61 bits per heavy atom. The fourth-order valence-electron chi connectivity index (χ4n) is 6.13. The Kier molecular flexibility index (Phi) is 6.21. The summed E-state index contributed by atoms with van der Waals surface area (Å²) in [5.74, 6) is -0.887. The van der Waals surface area contributed by atoms with Gasteiger partial charge >= 0.3 is 6.09 Å². The van der Waals surface area contributed by atoms with E-state index in [0.717, 1.165) is 74.1 Å². The zero-order valence-corrected chi connectivity index (χ0v) is 21.8. The summed E-state index contributed by atoms with van der Waals surface area (Å²) < 4.78 is 7.50. The third-order valence-electron chi connectivity index (χ3n) is 7.77. The Bertz CT molecular complexity index is 1190. The summed E-state index contributed by atoms with van der Waals surface area (Å²) in [4.78, 5) is 41.2. The highest BCUT2D eigenvalue weighted by molar-refractivity contribution is 6.02. The van der Waals surface area contributed by atoms with Gasteiger partial charge in [0.2, 0.25) is 11.8 Å². The molecule has 1 aromatic carbocycles. The van der Waals surface area contributed by atoms with Crippen molar-refractivity contribution in [1.82, 2.24) is 20.0 Å². The highest BCUT2D eigenvalue weighted by atomic mass is 16.6. The third kappa shape index (κ3) is 4.80. The number of aromatic nitrogens is 2. The van der Waals surface area contributed by atoms with Crippen molar-refractivity contribution in [2.75, 3.05) is 31.1 Å². The van der Waals surface area contributed by atoms with Crippen LogP contribution in [0.4, 0.5) is 10.5 Å². The third-order valence-corrected chi connectivity index (χ3v) is 7.77. The Hall–Kier alpha value is -3.10. The van der Waals surface area contributed by atoms with Crippen LogP contribution in [-0.2, 0) is 21.4 Å². The number of likely N-dealkylation sites (tertiary alicyclic amines) is 1. The van der Waals surface area contributed by atoms with Gasteiger partial charge in [0.25, 0.3) is 0 Å². The SMILES string of the molecule is Cn1nc(C2CCC(=O)NC2=O)c2ccc(N3CCCC4(CCCN(C(=O)OC(C)(C)C)C4)C3)cc21. The first-order valence-corrected chi connectivity index (χ1v) is 13.1. The van der Waals surface area contributed by atoms with Gasteiger partial charge in [-0.25, -0.2) is 4.79 Å². The Balaban J connectivity index is 1.36. The molecule has 1 aromatic heterocycles. The molecule has 3 aliphatic rings. The summed E-state index contributed by atoms with van der Waals surface area (Å²) >= 11 is 0. The fourth-order valence-corrected chi connectivity index (χ4v) is 6.13. The lowest BCUT2D eigenvalue weighted by atomic mass is 9.73. The molecule has 3 fully saturated rings. The zero-order valence-electron chi connectivity index (χ0n) is 21.8. The summed E-state index contributed by atoms with van der Waals surface area (Å²) in [5.41, 5.74) is 2.41. The van der Waals surface area contributed by atoms with E-state index in [4.69, 9.17) is 4.74 Å². The van der Waals surface area contributed by atoms with E-state index in [1.807, 2.05) is 37.4 Å². The van der Waals surface area contributed by atoms with Gasteiger partial charge in [-0.1, -0.05) is 0 Å². The number of piperidine rings is 3. The number of aryl methyl sites for hydroxylation is 1. The van der Waals surface area contributed by atoms with E-state index in [1.165, 1.54) is 0 Å². The van der Waals surface area contributed by atoms with Crippen molar-refractivity contribution >= 4 is 34.5 Å². The predicted molar refractivity (Wildman–Crippen MR) is 137 cm³/mol. The van der Waals surface area contributed by atoms with E-state index >= 15 is 0 Å². The molecule has 1 spiro atoms. The maximum atomic E-state index is 12.8. The number of nitrogens with one attached hydrogen (secondary N) is 1. The molecule has 1 N–H and O–H groups in total. The number of carbonyl (C=O) groups excluding carboxylic acids is 3. The van der Waals surface area contributed by atoms with Gasteiger partial charge in [-0.05, 0) is 71.1 Å².